The second-order valence-corrected chi connectivity index (χ2v) is 7.58. The topological polar surface area (TPSA) is 111 Å². The van der Waals surface area contributed by atoms with Crippen molar-refractivity contribution in [2.75, 3.05) is 13.1 Å². The first-order chi connectivity index (χ1) is 14.0. The molecule has 29 heavy (non-hydrogen) atoms. The van der Waals surface area contributed by atoms with Gasteiger partial charge in [-0.2, -0.15) is 4.98 Å². The van der Waals surface area contributed by atoms with Crippen molar-refractivity contribution in [3.63, 3.8) is 0 Å². The first kappa shape index (κ1) is 19.2. The van der Waals surface area contributed by atoms with E-state index in [1.807, 2.05) is 25.7 Å². The summed E-state index contributed by atoms with van der Waals surface area (Å²) >= 11 is 0. The fraction of sp³-hybridized carbons (Fsp3) is 0.500. The zero-order valence-electron chi connectivity index (χ0n) is 17.0. The molecular weight excluding hydrogens is 372 g/mol. The molecule has 0 radical (unpaired) electrons. The monoisotopic (exact) mass is 396 g/mol. The predicted octanol–water partition coefficient (Wildman–Crippen LogP) is 3.14. The predicted molar refractivity (Wildman–Crippen MR) is 103 cm³/mol. The molecule has 1 amide bonds. The van der Waals surface area contributed by atoms with E-state index in [-0.39, 0.29) is 17.7 Å². The number of carbonyl (C=O) groups is 1. The number of carbonyl (C=O) groups excluding carboxylic acids is 1. The molecule has 3 aromatic rings. The summed E-state index contributed by atoms with van der Waals surface area (Å²) in [7, 11) is 0. The van der Waals surface area contributed by atoms with Gasteiger partial charge in [-0.3, -0.25) is 4.79 Å². The maximum Gasteiger partial charge on any atom is 0.259 e. The van der Waals surface area contributed by atoms with Crippen LogP contribution in [0.4, 0.5) is 0 Å². The Morgan fingerprint density at radius 3 is 2.86 bits per heavy atom. The lowest BCUT2D eigenvalue weighted by atomic mass is 10.00. The fourth-order valence-corrected chi connectivity index (χ4v) is 3.71. The number of likely N-dealkylation sites (tertiary alicyclic amines) is 1. The molecule has 1 aliphatic heterocycles. The number of amides is 1. The van der Waals surface area contributed by atoms with Gasteiger partial charge < -0.3 is 13.9 Å². The van der Waals surface area contributed by atoms with Crippen LogP contribution in [0.25, 0.3) is 11.4 Å². The van der Waals surface area contributed by atoms with Gasteiger partial charge in [-0.1, -0.05) is 31.1 Å². The van der Waals surface area contributed by atoms with Crippen molar-refractivity contribution in [3.8, 4) is 11.4 Å². The van der Waals surface area contributed by atoms with Crippen LogP contribution in [0.3, 0.4) is 0 Å². The van der Waals surface area contributed by atoms with Gasteiger partial charge in [0.2, 0.25) is 11.7 Å². The van der Waals surface area contributed by atoms with Crippen molar-refractivity contribution < 1.29 is 13.8 Å². The molecule has 9 nitrogen and oxygen atoms in total. The summed E-state index contributed by atoms with van der Waals surface area (Å²) in [5, 5.41) is 8.14. The third kappa shape index (κ3) is 3.52. The second-order valence-electron chi connectivity index (χ2n) is 7.58. The van der Waals surface area contributed by atoms with Crippen LogP contribution >= 0.6 is 0 Å². The third-order valence-corrected chi connectivity index (χ3v) is 5.27. The summed E-state index contributed by atoms with van der Waals surface area (Å²) in [6, 6.07) is 0. The van der Waals surface area contributed by atoms with Crippen molar-refractivity contribution in [1.82, 2.24) is 30.2 Å². The lowest BCUT2D eigenvalue weighted by Crippen LogP contribution is -2.29. The lowest BCUT2D eigenvalue weighted by molar-refractivity contribution is 0.0787. The van der Waals surface area contributed by atoms with Crippen LogP contribution in [0.15, 0.2) is 21.6 Å². The van der Waals surface area contributed by atoms with E-state index < -0.39 is 0 Å². The maximum atomic E-state index is 13.2. The van der Waals surface area contributed by atoms with Crippen molar-refractivity contribution in [2.24, 2.45) is 0 Å². The summed E-state index contributed by atoms with van der Waals surface area (Å²) in [6.07, 6.45) is 4.69. The molecule has 0 bridgehead atoms. The number of aryl methyl sites for hydroxylation is 2. The van der Waals surface area contributed by atoms with E-state index in [2.05, 4.69) is 25.3 Å². The molecule has 0 saturated carbocycles. The molecule has 9 heteroatoms. The van der Waals surface area contributed by atoms with E-state index in [0.29, 0.717) is 48.2 Å². The average molecular weight is 396 g/mol. The maximum absolute atomic E-state index is 13.2. The molecule has 1 atom stereocenters. The molecule has 152 valence electrons. The molecule has 1 fully saturated rings. The number of nitrogens with zero attached hydrogens (tertiary/aromatic N) is 6. The highest BCUT2D eigenvalue weighted by molar-refractivity contribution is 5.96. The molecule has 3 aromatic heterocycles. The molecule has 0 spiro atoms. The van der Waals surface area contributed by atoms with E-state index in [1.165, 1.54) is 6.33 Å². The third-order valence-electron chi connectivity index (χ3n) is 5.27. The van der Waals surface area contributed by atoms with Crippen molar-refractivity contribution in [3.05, 3.63) is 41.1 Å². The number of rotatable bonds is 5. The highest BCUT2D eigenvalue weighted by Crippen LogP contribution is 2.33. The Morgan fingerprint density at radius 1 is 1.31 bits per heavy atom. The molecule has 1 aliphatic rings. The van der Waals surface area contributed by atoms with Crippen LogP contribution in [0, 0.1) is 6.92 Å². The molecule has 4 rings (SSSR count). The number of aromatic nitrogens is 5. The van der Waals surface area contributed by atoms with Crippen molar-refractivity contribution in [1.29, 1.82) is 0 Å². The highest BCUT2D eigenvalue weighted by Gasteiger charge is 2.34. The van der Waals surface area contributed by atoms with Crippen LogP contribution in [-0.2, 0) is 6.42 Å². The van der Waals surface area contributed by atoms with Crippen LogP contribution in [-0.4, -0.2) is 49.2 Å². The average Bonchev–Trinajstić information content (AvgIpc) is 3.46. The Hall–Kier alpha value is -3.10. The van der Waals surface area contributed by atoms with E-state index in [9.17, 15) is 4.79 Å². The van der Waals surface area contributed by atoms with Crippen molar-refractivity contribution >= 4 is 5.91 Å². The lowest BCUT2D eigenvalue weighted by Gasteiger charge is -2.17. The molecule has 0 aromatic carbocycles. The van der Waals surface area contributed by atoms with Gasteiger partial charge >= 0.3 is 0 Å². The Bertz CT molecular complexity index is 1020. The Balaban J connectivity index is 1.58. The van der Waals surface area contributed by atoms with Crippen LogP contribution in [0.2, 0.25) is 0 Å². The fourth-order valence-electron chi connectivity index (χ4n) is 3.71. The normalized spacial score (nSPS) is 16.7. The smallest absolute Gasteiger partial charge is 0.259 e. The van der Waals surface area contributed by atoms with E-state index in [0.717, 1.165) is 17.7 Å². The zero-order valence-corrected chi connectivity index (χ0v) is 17.0. The van der Waals surface area contributed by atoms with Crippen molar-refractivity contribution in [2.45, 2.75) is 52.4 Å². The Labute approximate surface area is 168 Å². The van der Waals surface area contributed by atoms with Gasteiger partial charge in [-0.05, 0) is 19.3 Å². The van der Waals surface area contributed by atoms with Gasteiger partial charge in [0, 0.05) is 31.6 Å². The highest BCUT2D eigenvalue weighted by atomic mass is 16.5. The summed E-state index contributed by atoms with van der Waals surface area (Å²) in [4.78, 5) is 28.1. The number of hydrogen-bond donors (Lipinski definition) is 0. The minimum absolute atomic E-state index is 0.0432. The van der Waals surface area contributed by atoms with Gasteiger partial charge in [0.05, 0.1) is 17.0 Å². The quantitative estimate of drug-likeness (QED) is 0.647. The van der Waals surface area contributed by atoms with Gasteiger partial charge in [-0.15, -0.1) is 0 Å². The van der Waals surface area contributed by atoms with E-state index in [4.69, 9.17) is 9.05 Å². The largest absolute Gasteiger partial charge is 0.361 e. The molecule has 0 N–H and O–H groups in total. The molecule has 1 saturated heterocycles. The van der Waals surface area contributed by atoms with E-state index in [1.54, 1.807) is 13.1 Å². The SMILES string of the molecule is CCc1nc(-c2cncnc2[C@@H]2CCN(C(=O)c3c(C(C)C)noc3C)C2)no1. The molecule has 0 unspecified atom stereocenters. The van der Waals surface area contributed by atoms with Gasteiger partial charge in [-0.25, -0.2) is 9.97 Å². The molecule has 4 heterocycles. The number of hydrogen-bond acceptors (Lipinski definition) is 8. The summed E-state index contributed by atoms with van der Waals surface area (Å²) in [5.74, 6) is 1.76. The second kappa shape index (κ2) is 7.73. The minimum atomic E-state index is -0.0432. The van der Waals surface area contributed by atoms with Gasteiger partial charge in [0.1, 0.15) is 17.7 Å². The summed E-state index contributed by atoms with van der Waals surface area (Å²) in [6.45, 7) is 8.94. The van der Waals surface area contributed by atoms with Crippen LogP contribution < -0.4 is 0 Å². The first-order valence-electron chi connectivity index (χ1n) is 9.87. The van der Waals surface area contributed by atoms with Crippen LogP contribution in [0.5, 0.6) is 0 Å². The molecular formula is C20H24N6O3. The Morgan fingerprint density at radius 2 is 2.14 bits per heavy atom. The van der Waals surface area contributed by atoms with Gasteiger partial charge in [0.15, 0.2) is 0 Å². The van der Waals surface area contributed by atoms with Crippen LogP contribution in [0.1, 0.15) is 72.4 Å². The standard InChI is InChI=1S/C20H24N6O3/c1-5-15-23-19(25-29-15)14-8-21-10-22-18(14)13-6-7-26(9-13)20(27)16-12(4)28-24-17(16)11(2)3/h8,10-11,13H,5-7,9H2,1-4H3/t13-/m1/s1. The zero-order chi connectivity index (χ0) is 20.5. The summed E-state index contributed by atoms with van der Waals surface area (Å²) < 4.78 is 10.5. The minimum Gasteiger partial charge on any atom is -0.361 e. The van der Waals surface area contributed by atoms with E-state index >= 15 is 0 Å². The molecule has 0 aliphatic carbocycles. The summed E-state index contributed by atoms with van der Waals surface area (Å²) in [5.41, 5.74) is 2.87. The van der Waals surface area contributed by atoms with Gasteiger partial charge in [0.25, 0.3) is 5.91 Å². The Kier molecular flexibility index (Phi) is 5.12. The first-order valence-corrected chi connectivity index (χ1v) is 9.87.